The zero-order valence-corrected chi connectivity index (χ0v) is 10.3. The fourth-order valence-corrected chi connectivity index (χ4v) is 2.09. The Morgan fingerprint density at radius 1 is 1.26 bits per heavy atom. The highest BCUT2D eigenvalue weighted by atomic mass is 19.3. The second-order valence-electron chi connectivity index (χ2n) is 4.10. The van der Waals surface area contributed by atoms with Crippen molar-refractivity contribution in [3.8, 4) is 11.8 Å². The Bertz CT molecular complexity index is 456. The van der Waals surface area contributed by atoms with Crippen molar-refractivity contribution >= 4 is 0 Å². The first-order chi connectivity index (χ1) is 9.22. The number of benzene rings is 1. The number of hydrogen-bond donors (Lipinski definition) is 0. The van der Waals surface area contributed by atoms with Crippen LogP contribution >= 0.6 is 0 Å². The summed E-state index contributed by atoms with van der Waals surface area (Å²) in [6.45, 7) is -0.626. The van der Waals surface area contributed by atoms with Gasteiger partial charge < -0.3 is 9.47 Å². The molecule has 1 fully saturated rings. The molecule has 0 aromatic heterocycles. The van der Waals surface area contributed by atoms with Gasteiger partial charge in [0.2, 0.25) is 0 Å². The number of nitriles is 1. The lowest BCUT2D eigenvalue weighted by Gasteiger charge is -2.31. The average Bonchev–Trinajstić information content (AvgIpc) is 2.42. The van der Waals surface area contributed by atoms with Crippen LogP contribution in [0.1, 0.15) is 11.6 Å². The van der Waals surface area contributed by atoms with Gasteiger partial charge in [-0.3, -0.25) is 4.90 Å². The fraction of sp³-hybridized carbons (Fsp3) is 0.462. The van der Waals surface area contributed by atoms with Crippen LogP contribution in [-0.4, -0.2) is 37.8 Å². The van der Waals surface area contributed by atoms with Gasteiger partial charge in [-0.1, -0.05) is 18.2 Å². The SMILES string of the molecule is N#CC(c1ccccc1OC(F)F)N1CCOCC1. The molecule has 0 saturated carbocycles. The Balaban J connectivity index is 2.24. The molecule has 102 valence electrons. The molecule has 1 atom stereocenters. The molecule has 4 nitrogen and oxygen atoms in total. The lowest BCUT2D eigenvalue weighted by atomic mass is 10.0. The maximum absolute atomic E-state index is 12.4. The summed E-state index contributed by atoms with van der Waals surface area (Å²) in [5.74, 6) is 0.0514. The van der Waals surface area contributed by atoms with Crippen LogP contribution in [0.15, 0.2) is 24.3 Å². The standard InChI is InChI=1S/C13H14F2N2O2/c14-13(15)19-12-4-2-1-3-10(12)11(9-16)17-5-7-18-8-6-17/h1-4,11,13H,5-8H2. The molecule has 0 aliphatic carbocycles. The van der Waals surface area contributed by atoms with Crippen LogP contribution in [0, 0.1) is 11.3 Å². The summed E-state index contributed by atoms with van der Waals surface area (Å²) in [7, 11) is 0. The number of ether oxygens (including phenoxy) is 2. The number of nitrogens with zero attached hydrogens (tertiary/aromatic N) is 2. The van der Waals surface area contributed by atoms with E-state index in [-0.39, 0.29) is 5.75 Å². The first-order valence-corrected chi connectivity index (χ1v) is 5.97. The van der Waals surface area contributed by atoms with Crippen molar-refractivity contribution in [3.63, 3.8) is 0 Å². The Morgan fingerprint density at radius 2 is 1.95 bits per heavy atom. The topological polar surface area (TPSA) is 45.5 Å². The number of halogens is 2. The molecule has 2 rings (SSSR count). The van der Waals surface area contributed by atoms with E-state index in [4.69, 9.17) is 4.74 Å². The Hall–Kier alpha value is -1.71. The number of hydrogen-bond acceptors (Lipinski definition) is 4. The van der Waals surface area contributed by atoms with Crippen molar-refractivity contribution in [3.05, 3.63) is 29.8 Å². The molecular formula is C13H14F2N2O2. The van der Waals surface area contributed by atoms with Crippen LogP contribution in [0.3, 0.4) is 0 Å². The first kappa shape index (κ1) is 13.7. The summed E-state index contributed by atoms with van der Waals surface area (Å²) < 4.78 is 34.4. The lowest BCUT2D eigenvalue weighted by molar-refractivity contribution is -0.0514. The molecule has 1 aromatic carbocycles. The van der Waals surface area contributed by atoms with E-state index in [1.165, 1.54) is 6.07 Å². The maximum Gasteiger partial charge on any atom is 0.387 e. The van der Waals surface area contributed by atoms with E-state index in [9.17, 15) is 14.0 Å². The molecule has 0 amide bonds. The first-order valence-electron chi connectivity index (χ1n) is 5.97. The zero-order chi connectivity index (χ0) is 13.7. The third-order valence-electron chi connectivity index (χ3n) is 2.96. The van der Waals surface area contributed by atoms with Crippen molar-refractivity contribution in [1.82, 2.24) is 4.90 Å². The summed E-state index contributed by atoms with van der Waals surface area (Å²) in [6.07, 6.45) is 0. The van der Waals surface area contributed by atoms with Crippen LogP contribution < -0.4 is 4.74 Å². The summed E-state index contributed by atoms with van der Waals surface area (Å²) in [4.78, 5) is 1.90. The maximum atomic E-state index is 12.4. The van der Waals surface area contributed by atoms with Crippen LogP contribution in [0.4, 0.5) is 8.78 Å². The smallest absolute Gasteiger partial charge is 0.387 e. The molecule has 0 spiro atoms. The summed E-state index contributed by atoms with van der Waals surface area (Å²) in [5.41, 5.74) is 0.465. The van der Waals surface area contributed by atoms with E-state index in [0.717, 1.165) is 0 Å². The van der Waals surface area contributed by atoms with Crippen molar-refractivity contribution in [1.29, 1.82) is 5.26 Å². The molecule has 1 aliphatic rings. The molecular weight excluding hydrogens is 254 g/mol. The van der Waals surface area contributed by atoms with E-state index in [1.807, 2.05) is 4.90 Å². The number of para-hydroxylation sites is 1. The van der Waals surface area contributed by atoms with Gasteiger partial charge in [0.15, 0.2) is 0 Å². The highest BCUT2D eigenvalue weighted by molar-refractivity contribution is 5.38. The molecule has 1 aromatic rings. The Kier molecular flexibility index (Phi) is 4.66. The minimum atomic E-state index is -2.90. The number of rotatable bonds is 4. The van der Waals surface area contributed by atoms with Gasteiger partial charge in [0, 0.05) is 18.7 Å². The van der Waals surface area contributed by atoms with E-state index in [1.54, 1.807) is 18.2 Å². The van der Waals surface area contributed by atoms with E-state index in [0.29, 0.717) is 31.9 Å². The summed E-state index contributed by atoms with van der Waals surface area (Å²) >= 11 is 0. The van der Waals surface area contributed by atoms with Crippen LogP contribution in [0.2, 0.25) is 0 Å². The van der Waals surface area contributed by atoms with Crippen molar-refractivity contribution < 1.29 is 18.3 Å². The lowest BCUT2D eigenvalue weighted by Crippen LogP contribution is -2.38. The van der Waals surface area contributed by atoms with Gasteiger partial charge in [0.1, 0.15) is 11.8 Å². The van der Waals surface area contributed by atoms with Crippen molar-refractivity contribution in [2.24, 2.45) is 0 Å². The quantitative estimate of drug-likeness (QED) is 0.839. The van der Waals surface area contributed by atoms with Crippen LogP contribution in [-0.2, 0) is 4.74 Å². The predicted octanol–water partition coefficient (Wildman–Crippen LogP) is 2.18. The summed E-state index contributed by atoms with van der Waals surface area (Å²) in [6, 6.07) is 7.95. The second-order valence-corrected chi connectivity index (χ2v) is 4.10. The predicted molar refractivity (Wildman–Crippen MR) is 63.8 cm³/mol. The minimum Gasteiger partial charge on any atom is -0.434 e. The van der Waals surface area contributed by atoms with Crippen LogP contribution in [0.25, 0.3) is 0 Å². The highest BCUT2D eigenvalue weighted by Gasteiger charge is 2.25. The minimum absolute atomic E-state index is 0.0514. The third-order valence-corrected chi connectivity index (χ3v) is 2.96. The van der Waals surface area contributed by atoms with E-state index >= 15 is 0 Å². The largest absolute Gasteiger partial charge is 0.434 e. The molecule has 0 bridgehead atoms. The van der Waals surface area contributed by atoms with Gasteiger partial charge >= 0.3 is 6.61 Å². The number of morpholine rings is 1. The molecule has 1 unspecified atom stereocenters. The van der Waals surface area contributed by atoms with Crippen LogP contribution in [0.5, 0.6) is 5.75 Å². The molecule has 1 heterocycles. The van der Waals surface area contributed by atoms with Crippen molar-refractivity contribution in [2.75, 3.05) is 26.3 Å². The van der Waals surface area contributed by atoms with E-state index < -0.39 is 12.7 Å². The monoisotopic (exact) mass is 268 g/mol. The average molecular weight is 268 g/mol. The third kappa shape index (κ3) is 3.40. The van der Waals surface area contributed by atoms with Gasteiger partial charge in [-0.05, 0) is 6.07 Å². The van der Waals surface area contributed by atoms with Gasteiger partial charge in [0.05, 0.1) is 19.3 Å². The zero-order valence-electron chi connectivity index (χ0n) is 10.3. The van der Waals surface area contributed by atoms with E-state index in [2.05, 4.69) is 10.8 Å². The fourth-order valence-electron chi connectivity index (χ4n) is 2.09. The van der Waals surface area contributed by atoms with Gasteiger partial charge in [-0.2, -0.15) is 14.0 Å². The second kappa shape index (κ2) is 6.45. The Morgan fingerprint density at radius 3 is 2.58 bits per heavy atom. The molecule has 19 heavy (non-hydrogen) atoms. The highest BCUT2D eigenvalue weighted by Crippen LogP contribution is 2.30. The normalized spacial score (nSPS) is 18.0. The summed E-state index contributed by atoms with van der Waals surface area (Å²) in [5, 5.41) is 9.31. The molecule has 0 radical (unpaired) electrons. The van der Waals surface area contributed by atoms with Gasteiger partial charge in [-0.15, -0.1) is 0 Å². The van der Waals surface area contributed by atoms with Crippen molar-refractivity contribution in [2.45, 2.75) is 12.7 Å². The molecule has 1 saturated heterocycles. The number of alkyl halides is 2. The molecule has 0 N–H and O–H groups in total. The van der Waals surface area contributed by atoms with Gasteiger partial charge in [0.25, 0.3) is 0 Å². The van der Waals surface area contributed by atoms with Gasteiger partial charge in [-0.25, -0.2) is 0 Å². The molecule has 6 heteroatoms. The molecule has 1 aliphatic heterocycles. The Labute approximate surface area is 110 Å².